The van der Waals surface area contributed by atoms with E-state index in [0.717, 1.165) is 6.42 Å². The minimum absolute atomic E-state index is 0.996. The second kappa shape index (κ2) is 5.10. The fourth-order valence-corrected chi connectivity index (χ4v) is 0.614. The third-order valence-corrected chi connectivity index (χ3v) is 1.15. The first-order valence-corrected chi connectivity index (χ1v) is 3.48. The van der Waals surface area contributed by atoms with Gasteiger partial charge in [0, 0.05) is 0 Å². The first-order chi connectivity index (χ1) is 4.66. The summed E-state index contributed by atoms with van der Waals surface area (Å²) in [6.07, 6.45) is 4.96. The molecule has 0 aromatic carbocycles. The van der Waals surface area contributed by atoms with Crippen LogP contribution >= 0.6 is 0 Å². The Hall–Kier alpha value is -0.720. The molecule has 0 aromatic rings. The summed E-state index contributed by atoms with van der Waals surface area (Å²) in [4.78, 5) is 0. The van der Waals surface area contributed by atoms with Crippen LogP contribution in [0.2, 0.25) is 0 Å². The van der Waals surface area contributed by atoms with Gasteiger partial charge in [-0.2, -0.15) is 0 Å². The van der Waals surface area contributed by atoms with E-state index in [1.54, 1.807) is 13.4 Å². The lowest BCUT2D eigenvalue weighted by Crippen LogP contribution is -1.76. The third kappa shape index (κ3) is 5.42. The van der Waals surface area contributed by atoms with E-state index in [9.17, 15) is 0 Å². The molecule has 0 aliphatic heterocycles. The molecule has 0 heterocycles. The first-order valence-electron chi connectivity index (χ1n) is 3.48. The monoisotopic (exact) mass is 140 g/mol. The molecule has 0 atom stereocenters. The number of hydrogen-bond donors (Lipinski definition) is 0. The van der Waals surface area contributed by atoms with Crippen molar-refractivity contribution in [1.82, 2.24) is 0 Å². The molecule has 0 bridgehead atoms. The topological polar surface area (TPSA) is 9.23 Å². The summed E-state index contributed by atoms with van der Waals surface area (Å²) >= 11 is 0. The molecule has 0 spiro atoms. The van der Waals surface area contributed by atoms with Gasteiger partial charge in [0.1, 0.15) is 0 Å². The van der Waals surface area contributed by atoms with Gasteiger partial charge in [0.15, 0.2) is 0 Å². The van der Waals surface area contributed by atoms with Crippen LogP contribution in [0.3, 0.4) is 0 Å². The van der Waals surface area contributed by atoms with Crippen molar-refractivity contribution in [3.8, 4) is 0 Å². The second-order valence-electron chi connectivity index (χ2n) is 2.69. The Kier molecular flexibility index (Phi) is 4.73. The predicted molar refractivity (Wildman–Crippen MR) is 44.8 cm³/mol. The van der Waals surface area contributed by atoms with Crippen molar-refractivity contribution in [2.75, 3.05) is 7.11 Å². The highest BCUT2D eigenvalue weighted by atomic mass is 16.5. The number of rotatable bonds is 3. The maximum Gasteiger partial charge on any atom is 0.0816 e. The minimum Gasteiger partial charge on any atom is -0.504 e. The summed E-state index contributed by atoms with van der Waals surface area (Å²) < 4.78 is 4.84. The van der Waals surface area contributed by atoms with Crippen LogP contribution in [0.25, 0.3) is 0 Å². The Balaban J connectivity index is 3.69. The molecule has 0 aromatic heterocycles. The molecule has 0 radical (unpaired) electrons. The molecule has 0 aliphatic carbocycles. The lowest BCUT2D eigenvalue weighted by Gasteiger charge is -1.95. The highest BCUT2D eigenvalue weighted by molar-refractivity contribution is 5.05. The SMILES string of the molecule is COC=C(C)CC=C(C)C. The zero-order valence-corrected chi connectivity index (χ0v) is 7.27. The summed E-state index contributed by atoms with van der Waals surface area (Å²) in [5.41, 5.74) is 2.60. The molecule has 58 valence electrons. The third-order valence-electron chi connectivity index (χ3n) is 1.15. The maximum atomic E-state index is 4.84. The molecule has 0 saturated heterocycles. The average Bonchev–Trinajstić information content (AvgIpc) is 1.85. The Labute approximate surface area is 63.4 Å². The summed E-state index contributed by atoms with van der Waals surface area (Å²) in [5.74, 6) is 0. The van der Waals surface area contributed by atoms with Crippen molar-refractivity contribution in [2.24, 2.45) is 0 Å². The zero-order valence-electron chi connectivity index (χ0n) is 7.27. The molecule has 10 heavy (non-hydrogen) atoms. The van der Waals surface area contributed by atoms with Gasteiger partial charge in [-0.05, 0) is 32.8 Å². The van der Waals surface area contributed by atoms with Crippen molar-refractivity contribution >= 4 is 0 Å². The molecular formula is C9H16O. The Morgan fingerprint density at radius 1 is 1.30 bits per heavy atom. The van der Waals surface area contributed by atoms with Gasteiger partial charge in [0.05, 0.1) is 13.4 Å². The molecule has 0 rings (SSSR count). The van der Waals surface area contributed by atoms with Crippen LogP contribution in [0.5, 0.6) is 0 Å². The van der Waals surface area contributed by atoms with Gasteiger partial charge in [0.2, 0.25) is 0 Å². The molecular weight excluding hydrogens is 124 g/mol. The van der Waals surface area contributed by atoms with E-state index >= 15 is 0 Å². The van der Waals surface area contributed by atoms with E-state index in [0.29, 0.717) is 0 Å². The highest BCUT2D eigenvalue weighted by Crippen LogP contribution is 2.03. The second-order valence-corrected chi connectivity index (χ2v) is 2.69. The van der Waals surface area contributed by atoms with Gasteiger partial charge in [-0.25, -0.2) is 0 Å². The fourth-order valence-electron chi connectivity index (χ4n) is 0.614. The van der Waals surface area contributed by atoms with E-state index in [1.165, 1.54) is 11.1 Å². The summed E-state index contributed by atoms with van der Waals surface area (Å²) in [6.45, 7) is 6.25. The number of methoxy groups -OCH3 is 1. The standard InChI is InChI=1S/C9H16O/c1-8(2)5-6-9(3)7-10-4/h5,7H,6H2,1-4H3. The lowest BCUT2D eigenvalue weighted by atomic mass is 10.2. The van der Waals surface area contributed by atoms with Gasteiger partial charge in [-0.3, -0.25) is 0 Å². The van der Waals surface area contributed by atoms with Crippen LogP contribution in [0.4, 0.5) is 0 Å². The molecule has 0 saturated carbocycles. The Bertz CT molecular complexity index is 139. The van der Waals surface area contributed by atoms with Crippen molar-refractivity contribution in [3.05, 3.63) is 23.5 Å². The number of hydrogen-bond acceptors (Lipinski definition) is 1. The average molecular weight is 140 g/mol. The Morgan fingerprint density at radius 2 is 1.90 bits per heavy atom. The van der Waals surface area contributed by atoms with Crippen LogP contribution in [0.1, 0.15) is 27.2 Å². The minimum atomic E-state index is 0.996. The van der Waals surface area contributed by atoms with Crippen molar-refractivity contribution in [1.29, 1.82) is 0 Å². The fraction of sp³-hybridized carbons (Fsp3) is 0.556. The van der Waals surface area contributed by atoms with E-state index < -0.39 is 0 Å². The first kappa shape index (κ1) is 9.28. The van der Waals surface area contributed by atoms with Crippen LogP contribution in [-0.2, 0) is 4.74 Å². The summed E-state index contributed by atoms with van der Waals surface area (Å²) in [5, 5.41) is 0. The van der Waals surface area contributed by atoms with Crippen molar-refractivity contribution < 1.29 is 4.74 Å². The van der Waals surface area contributed by atoms with Crippen molar-refractivity contribution in [2.45, 2.75) is 27.2 Å². The Morgan fingerprint density at radius 3 is 2.30 bits per heavy atom. The van der Waals surface area contributed by atoms with E-state index in [1.807, 2.05) is 0 Å². The van der Waals surface area contributed by atoms with Crippen LogP contribution < -0.4 is 0 Å². The molecule has 1 heteroatoms. The number of ether oxygens (including phenoxy) is 1. The van der Waals surface area contributed by atoms with Gasteiger partial charge in [-0.15, -0.1) is 0 Å². The molecule has 1 nitrogen and oxygen atoms in total. The van der Waals surface area contributed by atoms with E-state index in [2.05, 4.69) is 26.8 Å². The van der Waals surface area contributed by atoms with Crippen LogP contribution in [0, 0.1) is 0 Å². The zero-order chi connectivity index (χ0) is 7.98. The normalized spacial score (nSPS) is 11.0. The van der Waals surface area contributed by atoms with Crippen LogP contribution in [-0.4, -0.2) is 7.11 Å². The molecule has 0 aliphatic rings. The summed E-state index contributed by atoms with van der Waals surface area (Å²) in [6, 6.07) is 0. The van der Waals surface area contributed by atoms with Gasteiger partial charge < -0.3 is 4.74 Å². The van der Waals surface area contributed by atoms with E-state index in [-0.39, 0.29) is 0 Å². The van der Waals surface area contributed by atoms with Crippen LogP contribution in [0.15, 0.2) is 23.5 Å². The van der Waals surface area contributed by atoms with Gasteiger partial charge >= 0.3 is 0 Å². The van der Waals surface area contributed by atoms with Gasteiger partial charge in [-0.1, -0.05) is 11.6 Å². The maximum absolute atomic E-state index is 4.84. The molecule has 0 fully saturated rings. The quantitative estimate of drug-likeness (QED) is 0.432. The lowest BCUT2D eigenvalue weighted by molar-refractivity contribution is 0.333. The predicted octanol–water partition coefficient (Wildman–Crippen LogP) is 2.89. The van der Waals surface area contributed by atoms with Crippen molar-refractivity contribution in [3.63, 3.8) is 0 Å². The smallest absolute Gasteiger partial charge is 0.0816 e. The largest absolute Gasteiger partial charge is 0.504 e. The molecule has 0 N–H and O–H groups in total. The summed E-state index contributed by atoms with van der Waals surface area (Å²) in [7, 11) is 1.67. The molecule has 0 amide bonds. The highest BCUT2D eigenvalue weighted by Gasteiger charge is 1.84. The van der Waals surface area contributed by atoms with E-state index in [4.69, 9.17) is 4.74 Å². The molecule has 0 unspecified atom stereocenters. The number of allylic oxidation sites excluding steroid dienone is 3. The van der Waals surface area contributed by atoms with Gasteiger partial charge in [0.25, 0.3) is 0 Å².